The van der Waals surface area contributed by atoms with E-state index in [1.807, 2.05) is 0 Å². The third-order valence-corrected chi connectivity index (χ3v) is 3.19. The molecule has 16 heavy (non-hydrogen) atoms. The lowest BCUT2D eigenvalue weighted by atomic mass is 10.2. The van der Waals surface area contributed by atoms with E-state index in [-0.39, 0.29) is 0 Å². The second kappa shape index (κ2) is 5.14. The second-order valence-corrected chi connectivity index (χ2v) is 4.12. The minimum Gasteiger partial charge on any atom is -0.481 e. The van der Waals surface area contributed by atoms with Gasteiger partial charge in [-0.25, -0.2) is 4.98 Å². The molecule has 0 saturated heterocycles. The lowest BCUT2D eigenvalue weighted by Gasteiger charge is -2.27. The van der Waals surface area contributed by atoms with Gasteiger partial charge in [0.25, 0.3) is 0 Å². The third-order valence-electron chi connectivity index (χ3n) is 3.19. The van der Waals surface area contributed by atoms with Crippen molar-refractivity contribution >= 4 is 5.95 Å². The summed E-state index contributed by atoms with van der Waals surface area (Å²) in [5, 5.41) is 0. The van der Waals surface area contributed by atoms with Crippen LogP contribution in [0.25, 0.3) is 0 Å². The zero-order chi connectivity index (χ0) is 11.4. The van der Waals surface area contributed by atoms with Gasteiger partial charge in [0.15, 0.2) is 0 Å². The van der Waals surface area contributed by atoms with Crippen LogP contribution in [0.5, 0.6) is 5.88 Å². The van der Waals surface area contributed by atoms with Crippen LogP contribution in [0.2, 0.25) is 0 Å². The van der Waals surface area contributed by atoms with Crippen LogP contribution in [0.3, 0.4) is 0 Å². The zero-order valence-corrected chi connectivity index (χ0v) is 10.0. The summed E-state index contributed by atoms with van der Waals surface area (Å²) in [5.41, 5.74) is 0. The van der Waals surface area contributed by atoms with E-state index in [0.717, 1.165) is 12.5 Å². The van der Waals surface area contributed by atoms with E-state index >= 15 is 0 Å². The highest BCUT2D eigenvalue weighted by molar-refractivity contribution is 5.33. The number of anilines is 1. The molecular formula is C12H19N3O. The van der Waals surface area contributed by atoms with Gasteiger partial charge in [-0.05, 0) is 19.8 Å². The average molecular weight is 221 g/mol. The summed E-state index contributed by atoms with van der Waals surface area (Å²) < 4.78 is 5.13. The van der Waals surface area contributed by atoms with Crippen LogP contribution in [0.4, 0.5) is 5.95 Å². The van der Waals surface area contributed by atoms with Crippen LogP contribution < -0.4 is 9.64 Å². The van der Waals surface area contributed by atoms with Crippen molar-refractivity contribution in [1.82, 2.24) is 9.97 Å². The summed E-state index contributed by atoms with van der Waals surface area (Å²) in [6.45, 7) is 3.11. The molecular weight excluding hydrogens is 202 g/mol. The topological polar surface area (TPSA) is 38.2 Å². The Balaban J connectivity index is 2.18. The molecule has 4 nitrogen and oxygen atoms in total. The van der Waals surface area contributed by atoms with Gasteiger partial charge in [0.05, 0.1) is 7.11 Å². The number of rotatable bonds is 4. The highest BCUT2D eigenvalue weighted by atomic mass is 16.5. The average Bonchev–Trinajstić information content (AvgIpc) is 2.84. The summed E-state index contributed by atoms with van der Waals surface area (Å²) in [5.74, 6) is 1.44. The first-order valence-corrected chi connectivity index (χ1v) is 5.99. The summed E-state index contributed by atoms with van der Waals surface area (Å²) >= 11 is 0. The fourth-order valence-corrected chi connectivity index (χ4v) is 2.36. The van der Waals surface area contributed by atoms with E-state index in [1.54, 1.807) is 19.4 Å². The first-order chi connectivity index (χ1) is 7.85. The van der Waals surface area contributed by atoms with E-state index < -0.39 is 0 Å². The molecule has 1 heterocycles. The van der Waals surface area contributed by atoms with Crippen LogP contribution >= 0.6 is 0 Å². The number of methoxy groups -OCH3 is 1. The Hall–Kier alpha value is -1.32. The fraction of sp³-hybridized carbons (Fsp3) is 0.667. The second-order valence-electron chi connectivity index (χ2n) is 4.12. The molecule has 1 aliphatic rings. The van der Waals surface area contributed by atoms with Gasteiger partial charge in [-0.2, -0.15) is 4.98 Å². The Morgan fingerprint density at radius 2 is 2.19 bits per heavy atom. The molecule has 0 radical (unpaired) electrons. The summed E-state index contributed by atoms with van der Waals surface area (Å²) in [7, 11) is 1.64. The maximum Gasteiger partial charge on any atom is 0.228 e. The first-order valence-electron chi connectivity index (χ1n) is 5.99. The van der Waals surface area contributed by atoms with Gasteiger partial charge in [0, 0.05) is 24.8 Å². The van der Waals surface area contributed by atoms with E-state index in [2.05, 4.69) is 21.8 Å². The van der Waals surface area contributed by atoms with Crippen molar-refractivity contribution in [3.8, 4) is 5.88 Å². The van der Waals surface area contributed by atoms with Crippen molar-refractivity contribution in [2.24, 2.45) is 0 Å². The van der Waals surface area contributed by atoms with E-state index in [4.69, 9.17) is 4.74 Å². The molecule has 0 spiro atoms. The Kier molecular flexibility index (Phi) is 3.59. The predicted octanol–water partition coefficient (Wildman–Crippen LogP) is 2.25. The molecule has 1 aromatic heterocycles. The molecule has 1 saturated carbocycles. The number of hydrogen-bond acceptors (Lipinski definition) is 4. The Morgan fingerprint density at radius 3 is 2.81 bits per heavy atom. The summed E-state index contributed by atoms with van der Waals surface area (Å²) in [6.07, 6.45) is 6.93. The van der Waals surface area contributed by atoms with Crippen LogP contribution in [0.1, 0.15) is 32.6 Å². The monoisotopic (exact) mass is 221 g/mol. The van der Waals surface area contributed by atoms with Crippen molar-refractivity contribution in [1.29, 1.82) is 0 Å². The largest absolute Gasteiger partial charge is 0.481 e. The van der Waals surface area contributed by atoms with Gasteiger partial charge in [0.2, 0.25) is 11.8 Å². The van der Waals surface area contributed by atoms with Crippen LogP contribution in [-0.4, -0.2) is 29.7 Å². The number of hydrogen-bond donors (Lipinski definition) is 0. The lowest BCUT2D eigenvalue weighted by Crippen LogP contribution is -2.34. The van der Waals surface area contributed by atoms with Gasteiger partial charge < -0.3 is 9.64 Å². The molecule has 1 aliphatic carbocycles. The van der Waals surface area contributed by atoms with Crippen molar-refractivity contribution in [3.05, 3.63) is 12.3 Å². The maximum absolute atomic E-state index is 5.13. The minimum atomic E-state index is 0.608. The molecule has 4 heteroatoms. The van der Waals surface area contributed by atoms with Gasteiger partial charge in [-0.1, -0.05) is 12.8 Å². The van der Waals surface area contributed by atoms with E-state index in [1.165, 1.54) is 25.7 Å². The molecule has 1 fully saturated rings. The molecule has 1 aromatic rings. The van der Waals surface area contributed by atoms with E-state index in [0.29, 0.717) is 11.9 Å². The normalized spacial score (nSPS) is 16.4. The van der Waals surface area contributed by atoms with E-state index in [9.17, 15) is 0 Å². The molecule has 88 valence electrons. The molecule has 0 aliphatic heterocycles. The lowest BCUT2D eigenvalue weighted by molar-refractivity contribution is 0.396. The van der Waals surface area contributed by atoms with Gasteiger partial charge in [-0.3, -0.25) is 0 Å². The van der Waals surface area contributed by atoms with Crippen molar-refractivity contribution in [2.75, 3.05) is 18.6 Å². The first kappa shape index (κ1) is 11.2. The Labute approximate surface area is 96.7 Å². The number of aromatic nitrogens is 2. The highest BCUT2D eigenvalue weighted by Crippen LogP contribution is 2.26. The third kappa shape index (κ3) is 2.26. The summed E-state index contributed by atoms with van der Waals surface area (Å²) in [6, 6.07) is 2.39. The quantitative estimate of drug-likeness (QED) is 0.781. The maximum atomic E-state index is 5.13. The van der Waals surface area contributed by atoms with Crippen molar-refractivity contribution in [3.63, 3.8) is 0 Å². The fourth-order valence-electron chi connectivity index (χ4n) is 2.36. The Morgan fingerprint density at radius 1 is 1.44 bits per heavy atom. The standard InChI is InChI=1S/C12H19N3O/c1-3-15(10-6-4-5-7-10)12-13-9-8-11(14-12)16-2/h8-10H,3-7H2,1-2H3. The summed E-state index contributed by atoms with van der Waals surface area (Å²) in [4.78, 5) is 11.0. The molecule has 2 rings (SSSR count). The van der Waals surface area contributed by atoms with Crippen molar-refractivity contribution < 1.29 is 4.74 Å². The molecule has 0 aromatic carbocycles. The van der Waals surface area contributed by atoms with Crippen LogP contribution in [0.15, 0.2) is 12.3 Å². The van der Waals surface area contributed by atoms with Gasteiger partial charge in [-0.15, -0.1) is 0 Å². The number of ether oxygens (including phenoxy) is 1. The van der Waals surface area contributed by atoms with Crippen LogP contribution in [-0.2, 0) is 0 Å². The van der Waals surface area contributed by atoms with Crippen molar-refractivity contribution in [2.45, 2.75) is 38.6 Å². The highest BCUT2D eigenvalue weighted by Gasteiger charge is 2.23. The SMILES string of the molecule is CCN(c1nccc(OC)n1)C1CCCC1. The molecule has 0 amide bonds. The van der Waals surface area contributed by atoms with Crippen LogP contribution in [0, 0.1) is 0 Å². The molecule has 0 N–H and O–H groups in total. The zero-order valence-electron chi connectivity index (χ0n) is 10.0. The minimum absolute atomic E-state index is 0.608. The smallest absolute Gasteiger partial charge is 0.228 e. The predicted molar refractivity (Wildman–Crippen MR) is 63.9 cm³/mol. The molecule has 0 atom stereocenters. The molecule has 0 bridgehead atoms. The van der Waals surface area contributed by atoms with Gasteiger partial charge >= 0.3 is 0 Å². The number of nitrogens with zero attached hydrogens (tertiary/aromatic N) is 3. The molecule has 0 unspecified atom stereocenters. The Bertz CT molecular complexity index is 337. The van der Waals surface area contributed by atoms with Gasteiger partial charge in [0.1, 0.15) is 0 Å².